The normalized spacial score (nSPS) is 17.2. The highest BCUT2D eigenvalue weighted by Gasteiger charge is 2.52. The minimum Gasteiger partial charge on any atom is -0.466 e. The molecule has 76 heavy (non-hydrogen) atoms. The lowest BCUT2D eigenvalue weighted by molar-refractivity contribution is -0.164. The summed E-state index contributed by atoms with van der Waals surface area (Å²) >= 11 is 3.18. The summed E-state index contributed by atoms with van der Waals surface area (Å²) in [5, 5.41) is 13.2. The molecule has 2 aliphatic heterocycles. The molecule has 0 spiro atoms. The third-order valence-electron chi connectivity index (χ3n) is 15.3. The molecule has 0 bridgehead atoms. The predicted octanol–water partition coefficient (Wildman–Crippen LogP) is 9.51. The number of hydrogen-bond acceptors (Lipinski definition) is 11. The third kappa shape index (κ3) is 10.9. The van der Waals surface area contributed by atoms with Gasteiger partial charge in [-0.1, -0.05) is 60.7 Å². The molecule has 2 unspecified atom stereocenters. The second-order valence-corrected chi connectivity index (χ2v) is 22.4. The molecule has 394 valence electrons. The fourth-order valence-electron chi connectivity index (χ4n) is 10.9. The number of carbonyl (C=O) groups excluding carboxylic acids is 6. The summed E-state index contributed by atoms with van der Waals surface area (Å²) in [5.74, 6) is -1.28. The maximum absolute atomic E-state index is 14.7. The van der Waals surface area contributed by atoms with Crippen molar-refractivity contribution in [3.8, 4) is 0 Å². The van der Waals surface area contributed by atoms with Gasteiger partial charge in [0, 0.05) is 89.9 Å². The van der Waals surface area contributed by atoms with Crippen LogP contribution in [0.25, 0.3) is 42.0 Å². The van der Waals surface area contributed by atoms with E-state index in [0.29, 0.717) is 58.3 Å². The van der Waals surface area contributed by atoms with Crippen LogP contribution in [0.3, 0.4) is 0 Å². The van der Waals surface area contributed by atoms with E-state index in [2.05, 4.69) is 15.2 Å². The first-order valence-corrected chi connectivity index (χ1v) is 27.9. The van der Waals surface area contributed by atoms with E-state index in [-0.39, 0.29) is 81.6 Å². The van der Waals surface area contributed by atoms with Gasteiger partial charge in [-0.25, -0.2) is 0 Å². The zero-order chi connectivity index (χ0) is 53.0. The Morgan fingerprint density at radius 2 is 1.30 bits per heavy atom. The van der Waals surface area contributed by atoms with E-state index < -0.39 is 17.0 Å². The molecule has 2 atom stereocenters. The van der Waals surface area contributed by atoms with Crippen LogP contribution in [0.15, 0.2) is 109 Å². The molecule has 2 saturated heterocycles. The number of nitrogens with one attached hydrogen (secondary N) is 2. The van der Waals surface area contributed by atoms with E-state index >= 15 is 0 Å². The number of likely N-dealkylation sites (tertiary alicyclic amines) is 2. The smallest absolute Gasteiger partial charge is 0.305 e. The number of aromatic amines is 2. The highest BCUT2D eigenvalue weighted by atomic mass is 32.1. The minimum absolute atomic E-state index is 0.0759. The van der Waals surface area contributed by atoms with Crippen LogP contribution >= 0.6 is 22.7 Å². The number of benzene rings is 4. The van der Waals surface area contributed by atoms with E-state index in [4.69, 9.17) is 9.47 Å². The van der Waals surface area contributed by atoms with Crippen LogP contribution in [-0.4, -0.2) is 121 Å². The van der Waals surface area contributed by atoms with Gasteiger partial charge in [0.15, 0.2) is 0 Å². The van der Waals surface area contributed by atoms with Gasteiger partial charge >= 0.3 is 11.9 Å². The van der Waals surface area contributed by atoms with Crippen LogP contribution in [0.5, 0.6) is 0 Å². The molecule has 8 aromatic rings. The Hall–Kier alpha value is -7.37. The largest absolute Gasteiger partial charge is 0.466 e. The number of H-pyrrole nitrogens is 2. The maximum Gasteiger partial charge on any atom is 0.305 e. The molecular formula is C59H63N7O8S2. The third-order valence-corrected chi connectivity index (χ3v) is 17.6. The van der Waals surface area contributed by atoms with Gasteiger partial charge in [-0.05, 0) is 121 Å². The first-order chi connectivity index (χ1) is 36.8. The van der Waals surface area contributed by atoms with Gasteiger partial charge < -0.3 is 34.1 Å². The Labute approximate surface area is 449 Å². The number of amides is 4. The number of fused-ring (bicyclic) bond motifs is 4. The summed E-state index contributed by atoms with van der Waals surface area (Å²) in [6.07, 6.45) is 6.38. The summed E-state index contributed by atoms with van der Waals surface area (Å²) in [6, 6.07) is 29.9. The number of hydrogen-bond donors (Lipinski definition) is 2. The summed E-state index contributed by atoms with van der Waals surface area (Å²) in [4.78, 5) is 94.5. The van der Waals surface area contributed by atoms with Gasteiger partial charge in [0.2, 0.25) is 23.6 Å². The zero-order valence-corrected chi connectivity index (χ0v) is 44.9. The van der Waals surface area contributed by atoms with E-state index in [1.54, 1.807) is 55.4 Å². The molecule has 10 rings (SSSR count). The van der Waals surface area contributed by atoms with E-state index in [0.717, 1.165) is 69.1 Å². The Morgan fingerprint density at radius 1 is 0.697 bits per heavy atom. The summed E-state index contributed by atoms with van der Waals surface area (Å²) in [6.45, 7) is 7.97. The number of aromatic nitrogens is 3. The van der Waals surface area contributed by atoms with Crippen molar-refractivity contribution in [1.82, 2.24) is 34.8 Å². The molecule has 2 aliphatic rings. The number of ether oxygens (including phenoxy) is 2. The Morgan fingerprint density at radius 3 is 1.96 bits per heavy atom. The van der Waals surface area contributed by atoms with Crippen molar-refractivity contribution in [1.29, 1.82) is 0 Å². The first kappa shape index (κ1) is 52.1. The highest BCUT2D eigenvalue weighted by Crippen LogP contribution is 2.38. The molecule has 4 aromatic heterocycles. The molecule has 0 saturated carbocycles. The van der Waals surface area contributed by atoms with E-state index in [1.165, 1.54) is 0 Å². The molecule has 4 amide bonds. The summed E-state index contributed by atoms with van der Waals surface area (Å²) in [5.41, 5.74) is 3.36. The topological polar surface area (TPSA) is 178 Å². The quantitative estimate of drug-likeness (QED) is 0.0626. The highest BCUT2D eigenvalue weighted by molar-refractivity contribution is 7.19. The van der Waals surface area contributed by atoms with Crippen LogP contribution in [-0.2, 0) is 70.6 Å². The second-order valence-electron chi connectivity index (χ2n) is 20.4. The standard InChI is InChI=1S/C59H63N7O8S2/c1-4-73-54(69)15-9-26-63(36-39-17-19-41-21-25-60-47(41)31-39)57(72)59(3)24-29-66(59)53(68)34-46-45-12-6-8-14-50(45)76-51(46)22-30-74-55(70)16-10-27-64(37-40-18-20-42-35-61-62-48(42)32-40)56(71)58(2)23-28-65(58)52(67)33-43-38-75-49-13-7-5-11-44(43)49/h5-8,11-14,17-21,25,31-32,35,38,60H,4,9-10,15-16,22-24,26-30,33-34,36-37H2,1-3H3,(H,61,62). The first-order valence-electron chi connectivity index (χ1n) is 26.2. The lowest BCUT2D eigenvalue weighted by Gasteiger charge is -2.51. The molecule has 15 nitrogen and oxygen atoms in total. The summed E-state index contributed by atoms with van der Waals surface area (Å²) in [7, 11) is 0. The van der Waals surface area contributed by atoms with Gasteiger partial charge in [0.1, 0.15) is 11.1 Å². The van der Waals surface area contributed by atoms with Gasteiger partial charge in [0.05, 0.1) is 37.8 Å². The van der Waals surface area contributed by atoms with Gasteiger partial charge in [-0.2, -0.15) is 5.10 Å². The van der Waals surface area contributed by atoms with Gasteiger partial charge in [-0.3, -0.25) is 33.9 Å². The number of thiophene rings is 2. The molecule has 4 aromatic carbocycles. The van der Waals surface area contributed by atoms with Crippen molar-refractivity contribution in [2.45, 2.75) is 103 Å². The molecule has 0 radical (unpaired) electrons. The lowest BCUT2D eigenvalue weighted by Crippen LogP contribution is -2.68. The van der Waals surface area contributed by atoms with Crippen molar-refractivity contribution >= 4 is 100 Å². The van der Waals surface area contributed by atoms with Gasteiger partial charge in [0.25, 0.3) is 0 Å². The van der Waals surface area contributed by atoms with E-state index in [1.807, 2.05) is 116 Å². The molecule has 6 heterocycles. The van der Waals surface area contributed by atoms with Crippen molar-refractivity contribution in [3.63, 3.8) is 0 Å². The number of rotatable bonds is 22. The Balaban J connectivity index is 0.773. The maximum atomic E-state index is 14.7. The van der Waals surface area contributed by atoms with Crippen molar-refractivity contribution in [2.75, 3.05) is 39.4 Å². The fraction of sp³-hybridized carbons (Fsp3) is 0.373. The van der Waals surface area contributed by atoms with Crippen molar-refractivity contribution < 1.29 is 38.2 Å². The zero-order valence-electron chi connectivity index (χ0n) is 43.2. The van der Waals surface area contributed by atoms with Crippen LogP contribution in [0.2, 0.25) is 0 Å². The average Bonchev–Trinajstić information content (AvgIpc) is 4.23. The lowest BCUT2D eigenvalue weighted by atomic mass is 9.84. The fourth-order valence-corrected chi connectivity index (χ4v) is 13.0. The molecule has 0 aliphatic carbocycles. The molecule has 2 fully saturated rings. The summed E-state index contributed by atoms with van der Waals surface area (Å²) < 4.78 is 13.1. The van der Waals surface area contributed by atoms with Crippen molar-refractivity contribution in [2.24, 2.45) is 0 Å². The van der Waals surface area contributed by atoms with Gasteiger partial charge in [-0.15, -0.1) is 22.7 Å². The van der Waals surface area contributed by atoms with E-state index in [9.17, 15) is 28.8 Å². The number of nitrogens with zero attached hydrogens (tertiary/aromatic N) is 5. The van der Waals surface area contributed by atoms with Crippen LogP contribution in [0.1, 0.15) is 86.4 Å². The number of carbonyl (C=O) groups is 6. The number of esters is 2. The Bertz CT molecular complexity index is 3470. The average molecular weight is 1060 g/mol. The van der Waals surface area contributed by atoms with Crippen LogP contribution < -0.4 is 0 Å². The Kier molecular flexibility index (Phi) is 15.4. The SMILES string of the molecule is CCOC(=O)CCCN(Cc1ccc2cc[nH]c2c1)C(=O)C1(C)CCN1C(=O)Cc1c(CCOC(=O)CCCN(Cc2ccc3cn[nH]c3c2)C(=O)C2(C)CCN2C(=O)Cc2csc3ccccc23)sc2ccccc12. The predicted molar refractivity (Wildman–Crippen MR) is 296 cm³/mol. The minimum atomic E-state index is -1.07. The molecular weight excluding hydrogens is 999 g/mol. The van der Waals surface area contributed by atoms with Crippen LogP contribution in [0.4, 0.5) is 0 Å². The molecule has 2 N–H and O–H groups in total. The monoisotopic (exact) mass is 1060 g/mol. The second kappa shape index (κ2) is 22.5. The molecule has 17 heteroatoms. The van der Waals surface area contributed by atoms with Crippen molar-refractivity contribution in [3.05, 3.63) is 136 Å². The van der Waals surface area contributed by atoms with Crippen LogP contribution in [0, 0.1) is 0 Å².